The average Bonchev–Trinajstić information content (AvgIpc) is 2.36. The third-order valence-electron chi connectivity index (χ3n) is 2.33. The topological polar surface area (TPSA) is 103 Å². The van der Waals surface area contributed by atoms with Crippen LogP contribution in [0.15, 0.2) is 28.4 Å². The van der Waals surface area contributed by atoms with Crippen LogP contribution in [0.25, 0.3) is 0 Å². The molecule has 0 spiro atoms. The van der Waals surface area contributed by atoms with Crippen LogP contribution >= 0.6 is 11.8 Å². The molecule has 6 nitrogen and oxygen atoms in total. The number of nitrogens with one attached hydrogen (secondary N) is 1. The van der Waals surface area contributed by atoms with Gasteiger partial charge in [0.25, 0.3) is 0 Å². The van der Waals surface area contributed by atoms with Gasteiger partial charge < -0.3 is 16.8 Å². The van der Waals surface area contributed by atoms with Gasteiger partial charge in [-0.2, -0.15) is 13.2 Å². The molecule has 0 saturated carbocycles. The van der Waals surface area contributed by atoms with E-state index in [1.54, 1.807) is 0 Å². The molecule has 2 rings (SSSR count). The number of hydrogen-bond acceptors (Lipinski definition) is 7. The van der Waals surface area contributed by atoms with E-state index in [1.165, 1.54) is 13.1 Å². The SMILES string of the molecule is CNc1cc(C(F)(F)F)cc(Sc2nc(N)cc(N)n2)n1. The van der Waals surface area contributed by atoms with E-state index < -0.39 is 11.7 Å². The van der Waals surface area contributed by atoms with Gasteiger partial charge in [-0.05, 0) is 23.9 Å². The molecule has 0 saturated heterocycles. The van der Waals surface area contributed by atoms with Crippen molar-refractivity contribution in [2.24, 2.45) is 0 Å². The van der Waals surface area contributed by atoms with Crippen LogP contribution in [0.3, 0.4) is 0 Å². The van der Waals surface area contributed by atoms with Gasteiger partial charge in [-0.25, -0.2) is 15.0 Å². The van der Waals surface area contributed by atoms with Gasteiger partial charge >= 0.3 is 6.18 Å². The molecule has 0 aliphatic heterocycles. The van der Waals surface area contributed by atoms with E-state index in [9.17, 15) is 13.2 Å². The molecule has 2 aromatic heterocycles. The molecule has 0 unspecified atom stereocenters. The Hall–Kier alpha value is -2.23. The van der Waals surface area contributed by atoms with Crippen LogP contribution in [0.5, 0.6) is 0 Å². The Morgan fingerprint density at radius 3 is 2.19 bits per heavy atom. The first-order valence-electron chi connectivity index (χ1n) is 5.63. The maximum absolute atomic E-state index is 12.8. The minimum Gasteiger partial charge on any atom is -0.383 e. The van der Waals surface area contributed by atoms with Crippen molar-refractivity contribution in [1.29, 1.82) is 0 Å². The predicted octanol–water partition coefficient (Wildman–Crippen LogP) is 2.25. The molecule has 5 N–H and O–H groups in total. The number of nitrogens with two attached hydrogens (primary N) is 2. The summed E-state index contributed by atoms with van der Waals surface area (Å²) in [6.45, 7) is 0. The Bertz CT molecular complexity index is 641. The third kappa shape index (κ3) is 3.88. The van der Waals surface area contributed by atoms with Gasteiger partial charge in [-0.3, -0.25) is 0 Å². The summed E-state index contributed by atoms with van der Waals surface area (Å²) in [5, 5.41) is 2.78. The highest BCUT2D eigenvalue weighted by molar-refractivity contribution is 7.99. The van der Waals surface area contributed by atoms with E-state index in [-0.39, 0.29) is 27.6 Å². The number of nitrogen functional groups attached to an aromatic ring is 2. The molecule has 2 heterocycles. The van der Waals surface area contributed by atoms with Crippen LogP contribution in [0, 0.1) is 0 Å². The Labute approximate surface area is 122 Å². The zero-order chi connectivity index (χ0) is 15.6. The summed E-state index contributed by atoms with van der Waals surface area (Å²) in [5.41, 5.74) is 10.2. The fourth-order valence-corrected chi connectivity index (χ4v) is 2.27. The van der Waals surface area contributed by atoms with Crippen molar-refractivity contribution in [2.45, 2.75) is 16.4 Å². The van der Waals surface area contributed by atoms with Crippen LogP contribution in [0.1, 0.15) is 5.56 Å². The first-order valence-corrected chi connectivity index (χ1v) is 6.44. The second kappa shape index (κ2) is 5.64. The van der Waals surface area contributed by atoms with Gasteiger partial charge in [0.05, 0.1) is 5.56 Å². The van der Waals surface area contributed by atoms with Crippen molar-refractivity contribution in [1.82, 2.24) is 15.0 Å². The summed E-state index contributed by atoms with van der Waals surface area (Å²) in [7, 11) is 1.48. The highest BCUT2D eigenvalue weighted by Crippen LogP contribution is 2.34. The lowest BCUT2D eigenvalue weighted by atomic mass is 10.2. The molecular formula is C11H11F3N6S. The van der Waals surface area contributed by atoms with Crippen molar-refractivity contribution in [3.05, 3.63) is 23.8 Å². The molecular weight excluding hydrogens is 305 g/mol. The summed E-state index contributed by atoms with van der Waals surface area (Å²) in [6.07, 6.45) is -4.47. The smallest absolute Gasteiger partial charge is 0.383 e. The van der Waals surface area contributed by atoms with Crippen molar-refractivity contribution < 1.29 is 13.2 Å². The lowest BCUT2D eigenvalue weighted by Gasteiger charge is -2.10. The van der Waals surface area contributed by atoms with Gasteiger partial charge in [0.2, 0.25) is 0 Å². The van der Waals surface area contributed by atoms with E-state index in [0.29, 0.717) is 0 Å². The zero-order valence-electron chi connectivity index (χ0n) is 10.8. The summed E-state index contributed by atoms with van der Waals surface area (Å²) in [6, 6.07) is 3.18. The van der Waals surface area contributed by atoms with Crippen LogP contribution in [0.2, 0.25) is 0 Å². The van der Waals surface area contributed by atoms with Gasteiger partial charge in [0.15, 0.2) is 5.16 Å². The van der Waals surface area contributed by atoms with Crippen LogP contribution in [-0.4, -0.2) is 22.0 Å². The molecule has 0 aliphatic rings. The summed E-state index contributed by atoms with van der Waals surface area (Å²) < 4.78 is 38.4. The molecule has 0 radical (unpaired) electrons. The van der Waals surface area contributed by atoms with Gasteiger partial charge in [0.1, 0.15) is 22.5 Å². The Balaban J connectivity index is 2.39. The molecule has 21 heavy (non-hydrogen) atoms. The van der Waals surface area contributed by atoms with Crippen LogP contribution < -0.4 is 16.8 Å². The molecule has 10 heteroatoms. The quantitative estimate of drug-likeness (QED) is 0.746. The van der Waals surface area contributed by atoms with Crippen molar-refractivity contribution in [3.8, 4) is 0 Å². The zero-order valence-corrected chi connectivity index (χ0v) is 11.6. The molecule has 112 valence electrons. The maximum atomic E-state index is 12.8. The number of anilines is 3. The standard InChI is InChI=1S/C11H11F3N6S/c1-17-8-2-5(11(12,13)14)3-9(20-8)21-10-18-6(15)4-7(16)19-10/h2-4H,1H3,(H,17,20)(H4,15,16,18,19). The second-order valence-electron chi connectivity index (χ2n) is 3.93. The first kappa shape index (κ1) is 15.2. The van der Waals surface area contributed by atoms with E-state index in [4.69, 9.17) is 11.5 Å². The first-order chi connectivity index (χ1) is 9.77. The largest absolute Gasteiger partial charge is 0.416 e. The van der Waals surface area contributed by atoms with Gasteiger partial charge in [0, 0.05) is 13.1 Å². The van der Waals surface area contributed by atoms with Crippen LogP contribution in [-0.2, 0) is 6.18 Å². The highest BCUT2D eigenvalue weighted by atomic mass is 32.2. The average molecular weight is 316 g/mol. The molecule has 0 aromatic carbocycles. The monoisotopic (exact) mass is 316 g/mol. The van der Waals surface area contributed by atoms with Crippen molar-refractivity contribution in [2.75, 3.05) is 23.8 Å². The fraction of sp³-hybridized carbons (Fsp3) is 0.182. The second-order valence-corrected chi connectivity index (χ2v) is 4.92. The maximum Gasteiger partial charge on any atom is 0.416 e. The number of aromatic nitrogens is 3. The summed E-state index contributed by atoms with van der Waals surface area (Å²) >= 11 is 0.842. The van der Waals surface area contributed by atoms with E-state index in [2.05, 4.69) is 20.3 Å². The van der Waals surface area contributed by atoms with Gasteiger partial charge in [-0.15, -0.1) is 0 Å². The Morgan fingerprint density at radius 2 is 1.67 bits per heavy atom. The molecule has 0 bridgehead atoms. The summed E-state index contributed by atoms with van der Waals surface area (Å²) in [4.78, 5) is 11.8. The number of halogens is 3. The minimum atomic E-state index is -4.47. The Morgan fingerprint density at radius 1 is 1.05 bits per heavy atom. The molecule has 0 aliphatic carbocycles. The van der Waals surface area contributed by atoms with E-state index in [1.807, 2.05) is 0 Å². The highest BCUT2D eigenvalue weighted by Gasteiger charge is 2.31. The summed E-state index contributed by atoms with van der Waals surface area (Å²) in [5.74, 6) is 0.348. The fourth-order valence-electron chi connectivity index (χ4n) is 1.45. The number of alkyl halides is 3. The number of rotatable bonds is 3. The predicted molar refractivity (Wildman–Crippen MR) is 73.8 cm³/mol. The van der Waals surface area contributed by atoms with Crippen molar-refractivity contribution >= 4 is 29.2 Å². The number of nitrogens with zero attached hydrogens (tertiary/aromatic N) is 3. The van der Waals surface area contributed by atoms with Crippen LogP contribution in [0.4, 0.5) is 30.6 Å². The van der Waals surface area contributed by atoms with Gasteiger partial charge in [-0.1, -0.05) is 0 Å². The van der Waals surface area contributed by atoms with Crippen molar-refractivity contribution in [3.63, 3.8) is 0 Å². The number of hydrogen-bond donors (Lipinski definition) is 3. The number of pyridine rings is 1. The molecule has 0 fully saturated rings. The molecule has 2 aromatic rings. The molecule has 0 atom stereocenters. The minimum absolute atomic E-state index is 0.0826. The Kier molecular flexibility index (Phi) is 4.07. The molecule has 0 amide bonds. The lowest BCUT2D eigenvalue weighted by molar-refractivity contribution is -0.137. The normalized spacial score (nSPS) is 11.4. The third-order valence-corrected chi connectivity index (χ3v) is 3.11. The van der Waals surface area contributed by atoms with E-state index >= 15 is 0 Å². The van der Waals surface area contributed by atoms with E-state index in [0.717, 1.165) is 23.9 Å². The lowest BCUT2D eigenvalue weighted by Crippen LogP contribution is -2.07.